The van der Waals surface area contributed by atoms with Crippen molar-refractivity contribution in [1.82, 2.24) is 9.80 Å². The molecule has 23 heavy (non-hydrogen) atoms. The van der Waals surface area contributed by atoms with E-state index in [-0.39, 0.29) is 0 Å². The fourth-order valence-corrected chi connectivity index (χ4v) is 4.22. The highest BCUT2D eigenvalue weighted by atomic mass is 32.2. The van der Waals surface area contributed by atoms with Crippen LogP contribution >= 0.6 is 11.8 Å². The van der Waals surface area contributed by atoms with Crippen LogP contribution < -0.4 is 9.47 Å². The summed E-state index contributed by atoms with van der Waals surface area (Å²) in [6.45, 7) is 7.55. The van der Waals surface area contributed by atoms with Gasteiger partial charge in [0, 0.05) is 37.7 Å². The van der Waals surface area contributed by atoms with E-state index in [4.69, 9.17) is 9.47 Å². The molecule has 2 fully saturated rings. The summed E-state index contributed by atoms with van der Waals surface area (Å²) in [6, 6.07) is 6.37. The van der Waals surface area contributed by atoms with Gasteiger partial charge in [0.05, 0.1) is 7.11 Å². The van der Waals surface area contributed by atoms with Crippen LogP contribution in [0.15, 0.2) is 18.2 Å². The van der Waals surface area contributed by atoms with Gasteiger partial charge in [0.15, 0.2) is 11.5 Å². The van der Waals surface area contributed by atoms with Crippen molar-refractivity contribution in [1.29, 1.82) is 0 Å². The molecule has 1 aromatic rings. The Bertz CT molecular complexity index is 486. The van der Waals surface area contributed by atoms with Crippen LogP contribution in [0.1, 0.15) is 18.4 Å². The van der Waals surface area contributed by atoms with E-state index in [0.29, 0.717) is 0 Å². The Balaban J connectivity index is 1.53. The summed E-state index contributed by atoms with van der Waals surface area (Å²) in [5.41, 5.74) is 1.31. The van der Waals surface area contributed by atoms with Crippen LogP contribution in [-0.2, 0) is 6.54 Å². The second-order valence-corrected chi connectivity index (χ2v) is 7.50. The zero-order chi connectivity index (χ0) is 15.9. The summed E-state index contributed by atoms with van der Waals surface area (Å²) in [7, 11) is 1.73. The Morgan fingerprint density at radius 1 is 1.00 bits per heavy atom. The summed E-state index contributed by atoms with van der Waals surface area (Å²) in [6.07, 6.45) is 2.65. The third kappa shape index (κ3) is 5.03. The molecule has 0 spiro atoms. The maximum Gasteiger partial charge on any atom is 0.161 e. The second-order valence-electron chi connectivity index (χ2n) is 6.27. The molecule has 0 atom stereocenters. The van der Waals surface area contributed by atoms with E-state index in [1.807, 2.05) is 11.8 Å². The first-order valence-corrected chi connectivity index (χ1v) is 9.83. The molecule has 0 aromatic heterocycles. The molecule has 2 aliphatic rings. The topological polar surface area (TPSA) is 24.9 Å². The minimum atomic E-state index is 0.735. The molecule has 0 radical (unpaired) electrons. The number of thioether (sulfide) groups is 1. The zero-order valence-electron chi connectivity index (χ0n) is 14.1. The Morgan fingerprint density at radius 2 is 1.78 bits per heavy atom. The molecule has 0 N–H and O–H groups in total. The highest BCUT2D eigenvalue weighted by Crippen LogP contribution is 2.29. The smallest absolute Gasteiger partial charge is 0.161 e. The summed E-state index contributed by atoms with van der Waals surface area (Å²) in [5.74, 6) is 4.21. The van der Waals surface area contributed by atoms with Gasteiger partial charge >= 0.3 is 0 Å². The van der Waals surface area contributed by atoms with Gasteiger partial charge in [-0.2, -0.15) is 11.8 Å². The fourth-order valence-electron chi connectivity index (χ4n) is 3.24. The summed E-state index contributed by atoms with van der Waals surface area (Å²) < 4.78 is 11.5. The van der Waals surface area contributed by atoms with E-state index in [1.54, 1.807) is 7.11 Å². The van der Waals surface area contributed by atoms with Gasteiger partial charge in [0.2, 0.25) is 0 Å². The molecular weight excluding hydrogens is 308 g/mol. The largest absolute Gasteiger partial charge is 0.493 e. The third-order valence-corrected chi connectivity index (χ3v) is 5.54. The number of rotatable bonds is 7. The van der Waals surface area contributed by atoms with Crippen molar-refractivity contribution < 1.29 is 9.47 Å². The SMILES string of the molecule is COc1cc(CN2CCSCC2)ccc1OCCN1CCCC1. The van der Waals surface area contributed by atoms with E-state index >= 15 is 0 Å². The molecule has 0 saturated carbocycles. The van der Waals surface area contributed by atoms with Crippen molar-refractivity contribution in [2.45, 2.75) is 19.4 Å². The summed E-state index contributed by atoms with van der Waals surface area (Å²) >= 11 is 2.05. The van der Waals surface area contributed by atoms with Crippen molar-refractivity contribution in [3.8, 4) is 11.5 Å². The fraction of sp³-hybridized carbons (Fsp3) is 0.667. The predicted molar refractivity (Wildman–Crippen MR) is 96.8 cm³/mol. The van der Waals surface area contributed by atoms with Gasteiger partial charge in [-0.1, -0.05) is 6.07 Å². The number of nitrogens with zero attached hydrogens (tertiary/aromatic N) is 2. The molecule has 2 saturated heterocycles. The van der Waals surface area contributed by atoms with E-state index in [2.05, 4.69) is 28.0 Å². The molecule has 2 aliphatic heterocycles. The predicted octanol–water partition coefficient (Wildman–Crippen LogP) is 2.72. The molecule has 0 amide bonds. The van der Waals surface area contributed by atoms with Gasteiger partial charge in [0.25, 0.3) is 0 Å². The Hall–Kier alpha value is -0.910. The standard InChI is InChI=1S/C18H28N2O2S/c1-21-18-14-16(15-20-9-12-23-13-10-20)4-5-17(18)22-11-8-19-6-2-3-7-19/h4-5,14H,2-3,6-13,15H2,1H3. The lowest BCUT2D eigenvalue weighted by molar-refractivity contribution is 0.230. The molecule has 0 aliphatic carbocycles. The normalized spacial score (nSPS) is 19.9. The molecular formula is C18H28N2O2S. The first-order valence-electron chi connectivity index (χ1n) is 8.67. The average Bonchev–Trinajstić information content (AvgIpc) is 3.10. The molecule has 2 heterocycles. The molecule has 128 valence electrons. The Labute approximate surface area is 144 Å². The highest BCUT2D eigenvalue weighted by Gasteiger charge is 2.14. The number of methoxy groups -OCH3 is 1. The van der Waals surface area contributed by atoms with Crippen LogP contribution in [0.2, 0.25) is 0 Å². The van der Waals surface area contributed by atoms with Crippen LogP contribution in [-0.4, -0.2) is 67.7 Å². The van der Waals surface area contributed by atoms with Gasteiger partial charge in [-0.3, -0.25) is 9.80 Å². The van der Waals surface area contributed by atoms with Crippen LogP contribution in [0, 0.1) is 0 Å². The maximum absolute atomic E-state index is 5.95. The highest BCUT2D eigenvalue weighted by molar-refractivity contribution is 7.99. The second kappa shape index (κ2) is 8.81. The molecule has 4 nitrogen and oxygen atoms in total. The first-order chi connectivity index (χ1) is 11.3. The third-order valence-electron chi connectivity index (χ3n) is 4.60. The van der Waals surface area contributed by atoms with Gasteiger partial charge in [-0.05, 0) is 43.6 Å². The number of ether oxygens (including phenoxy) is 2. The van der Waals surface area contributed by atoms with Gasteiger partial charge in [-0.15, -0.1) is 0 Å². The quantitative estimate of drug-likeness (QED) is 0.762. The number of hydrogen-bond donors (Lipinski definition) is 0. The van der Waals surface area contributed by atoms with Crippen molar-refractivity contribution in [2.75, 3.05) is 57.9 Å². The van der Waals surface area contributed by atoms with Crippen LogP contribution in [0.4, 0.5) is 0 Å². The zero-order valence-corrected chi connectivity index (χ0v) is 14.9. The monoisotopic (exact) mass is 336 g/mol. The van der Waals surface area contributed by atoms with Crippen molar-refractivity contribution in [3.63, 3.8) is 0 Å². The van der Waals surface area contributed by atoms with E-state index in [9.17, 15) is 0 Å². The van der Waals surface area contributed by atoms with Crippen molar-refractivity contribution in [2.24, 2.45) is 0 Å². The van der Waals surface area contributed by atoms with Crippen LogP contribution in [0.25, 0.3) is 0 Å². The lowest BCUT2D eigenvalue weighted by atomic mass is 10.2. The Kier molecular flexibility index (Phi) is 6.48. The summed E-state index contributed by atoms with van der Waals surface area (Å²) in [4.78, 5) is 4.98. The molecule has 1 aromatic carbocycles. The lowest BCUT2D eigenvalue weighted by Gasteiger charge is -2.26. The van der Waals surface area contributed by atoms with Crippen molar-refractivity contribution in [3.05, 3.63) is 23.8 Å². The van der Waals surface area contributed by atoms with E-state index < -0.39 is 0 Å². The molecule has 0 unspecified atom stereocenters. The minimum absolute atomic E-state index is 0.735. The molecule has 3 rings (SSSR count). The maximum atomic E-state index is 5.95. The molecule has 5 heteroatoms. The van der Waals surface area contributed by atoms with Gasteiger partial charge in [-0.25, -0.2) is 0 Å². The number of hydrogen-bond acceptors (Lipinski definition) is 5. The number of likely N-dealkylation sites (tertiary alicyclic amines) is 1. The Morgan fingerprint density at radius 3 is 2.52 bits per heavy atom. The molecule has 0 bridgehead atoms. The van der Waals surface area contributed by atoms with Gasteiger partial charge < -0.3 is 9.47 Å². The number of benzene rings is 1. The minimum Gasteiger partial charge on any atom is -0.493 e. The lowest BCUT2D eigenvalue weighted by Crippen LogP contribution is -2.31. The summed E-state index contributed by atoms with van der Waals surface area (Å²) in [5, 5.41) is 0. The van der Waals surface area contributed by atoms with Crippen molar-refractivity contribution >= 4 is 11.8 Å². The van der Waals surface area contributed by atoms with Crippen LogP contribution in [0.5, 0.6) is 11.5 Å². The van der Waals surface area contributed by atoms with E-state index in [0.717, 1.165) is 31.2 Å². The van der Waals surface area contributed by atoms with E-state index in [1.165, 1.54) is 56.1 Å². The first kappa shape index (κ1) is 16.9. The average molecular weight is 337 g/mol. The van der Waals surface area contributed by atoms with Crippen LogP contribution in [0.3, 0.4) is 0 Å². The van der Waals surface area contributed by atoms with Gasteiger partial charge in [0.1, 0.15) is 6.61 Å².